The number of aliphatic hydroxyl groups excluding tert-OH is 1. The van der Waals surface area contributed by atoms with Crippen LogP contribution in [0, 0.1) is 23.2 Å². The van der Waals surface area contributed by atoms with Crippen LogP contribution >= 0.6 is 0 Å². The lowest BCUT2D eigenvalue weighted by Crippen LogP contribution is -2.42. The molecule has 0 heterocycles. The minimum Gasteiger partial charge on any atom is -0.393 e. The van der Waals surface area contributed by atoms with E-state index in [1.54, 1.807) is 5.57 Å². The number of hydrogen-bond acceptors (Lipinski definition) is 2. The number of ketones is 1. The molecule has 0 aromatic heterocycles. The Morgan fingerprint density at radius 1 is 1.20 bits per heavy atom. The molecule has 0 saturated heterocycles. The van der Waals surface area contributed by atoms with Gasteiger partial charge in [-0.05, 0) is 56.4 Å². The predicted molar refractivity (Wildman–Crippen MR) is 78.1 cm³/mol. The number of carbonyl (C=O) groups excluding carboxylic acids is 1. The molecule has 0 spiro atoms. The van der Waals surface area contributed by atoms with Crippen LogP contribution in [0.2, 0.25) is 0 Å². The van der Waals surface area contributed by atoms with Crippen LogP contribution in [0.3, 0.4) is 0 Å². The monoisotopic (exact) mass is 272 g/mol. The van der Waals surface area contributed by atoms with Crippen LogP contribution in [0.4, 0.5) is 0 Å². The van der Waals surface area contributed by atoms with Crippen molar-refractivity contribution in [1.29, 1.82) is 0 Å². The van der Waals surface area contributed by atoms with Crippen LogP contribution in [0.25, 0.3) is 0 Å². The molecule has 4 aliphatic carbocycles. The average Bonchev–Trinajstić information content (AvgIpc) is 2.74. The first-order valence-electron chi connectivity index (χ1n) is 8.21. The Morgan fingerprint density at radius 2 is 2.05 bits per heavy atom. The van der Waals surface area contributed by atoms with Crippen molar-refractivity contribution < 1.29 is 9.90 Å². The zero-order valence-electron chi connectivity index (χ0n) is 12.3. The molecular formula is C18H24O2. The number of carbonyl (C=O) groups is 1. The largest absolute Gasteiger partial charge is 0.393 e. The van der Waals surface area contributed by atoms with E-state index >= 15 is 0 Å². The molecule has 2 nitrogen and oxygen atoms in total. The van der Waals surface area contributed by atoms with E-state index in [4.69, 9.17) is 0 Å². The zero-order chi connectivity index (χ0) is 13.9. The van der Waals surface area contributed by atoms with E-state index in [0.717, 1.165) is 32.1 Å². The first kappa shape index (κ1) is 12.8. The third-order valence-corrected chi connectivity index (χ3v) is 6.67. The van der Waals surface area contributed by atoms with Gasteiger partial charge in [0, 0.05) is 17.8 Å². The Balaban J connectivity index is 1.70. The molecule has 20 heavy (non-hydrogen) atoms. The maximum Gasteiger partial charge on any atom is 0.155 e. The normalized spacial score (nSPS) is 47.0. The van der Waals surface area contributed by atoms with E-state index in [-0.39, 0.29) is 11.5 Å². The molecule has 1 N–H and O–H groups in total. The summed E-state index contributed by atoms with van der Waals surface area (Å²) >= 11 is 0. The summed E-state index contributed by atoms with van der Waals surface area (Å²) < 4.78 is 0. The first-order chi connectivity index (χ1) is 9.59. The standard InChI is InChI=1S/C18H24O2/c1-18-9-8-14-13-5-3-12(19)10-11(13)2-4-15(14)16(18)6-7-17(18)20/h8,10,13,15-17,20H,2-7,9H2,1H3/t13-,15+,16-,17-,18-/m0/s1. The summed E-state index contributed by atoms with van der Waals surface area (Å²) in [5.41, 5.74) is 3.12. The molecule has 0 amide bonds. The fraction of sp³-hybridized carbons (Fsp3) is 0.722. The second kappa shape index (κ2) is 4.30. The smallest absolute Gasteiger partial charge is 0.155 e. The highest BCUT2D eigenvalue weighted by atomic mass is 16.3. The SMILES string of the molecule is C[C@]12CC=C3[C@H]4CCC(=O)C=C4CC[C@H]3[C@@H]1CC[C@@H]2O. The van der Waals surface area contributed by atoms with Gasteiger partial charge in [0.15, 0.2) is 5.78 Å². The molecule has 0 unspecified atom stereocenters. The zero-order valence-corrected chi connectivity index (χ0v) is 12.3. The molecule has 0 bridgehead atoms. The van der Waals surface area contributed by atoms with Crippen molar-refractivity contribution in [3.05, 3.63) is 23.3 Å². The number of hydrogen-bond donors (Lipinski definition) is 1. The summed E-state index contributed by atoms with van der Waals surface area (Å²) in [6.45, 7) is 2.29. The van der Waals surface area contributed by atoms with Crippen molar-refractivity contribution in [2.45, 2.75) is 58.0 Å². The molecule has 0 aromatic carbocycles. The van der Waals surface area contributed by atoms with E-state index in [2.05, 4.69) is 13.0 Å². The first-order valence-corrected chi connectivity index (χ1v) is 8.21. The van der Waals surface area contributed by atoms with Gasteiger partial charge in [0.1, 0.15) is 0 Å². The van der Waals surface area contributed by atoms with Crippen molar-refractivity contribution in [1.82, 2.24) is 0 Å². The Kier molecular flexibility index (Phi) is 2.76. The molecule has 0 radical (unpaired) electrons. The number of aliphatic hydroxyl groups is 1. The second-order valence-corrected chi connectivity index (χ2v) is 7.54. The van der Waals surface area contributed by atoms with Gasteiger partial charge in [-0.15, -0.1) is 0 Å². The van der Waals surface area contributed by atoms with Gasteiger partial charge in [-0.3, -0.25) is 4.79 Å². The van der Waals surface area contributed by atoms with Crippen molar-refractivity contribution in [2.75, 3.05) is 0 Å². The lowest BCUT2D eigenvalue weighted by molar-refractivity contribution is -0.115. The molecular weight excluding hydrogens is 248 g/mol. The Morgan fingerprint density at radius 3 is 2.90 bits per heavy atom. The van der Waals surface area contributed by atoms with Crippen LogP contribution in [0.1, 0.15) is 51.9 Å². The fourth-order valence-corrected chi connectivity index (χ4v) is 5.48. The van der Waals surface area contributed by atoms with Crippen LogP contribution in [0.15, 0.2) is 23.3 Å². The van der Waals surface area contributed by atoms with Gasteiger partial charge in [-0.25, -0.2) is 0 Å². The summed E-state index contributed by atoms with van der Waals surface area (Å²) in [4.78, 5) is 11.6. The molecule has 4 rings (SSSR count). The van der Waals surface area contributed by atoms with Gasteiger partial charge < -0.3 is 5.11 Å². The lowest BCUT2D eigenvalue weighted by Gasteiger charge is -2.48. The van der Waals surface area contributed by atoms with Crippen LogP contribution in [-0.4, -0.2) is 17.0 Å². The summed E-state index contributed by atoms with van der Waals surface area (Å²) in [6.07, 6.45) is 11.5. The molecule has 2 heteroatoms. The van der Waals surface area contributed by atoms with E-state index in [9.17, 15) is 9.90 Å². The van der Waals surface area contributed by atoms with E-state index < -0.39 is 0 Å². The highest BCUT2D eigenvalue weighted by Crippen LogP contribution is 2.59. The summed E-state index contributed by atoms with van der Waals surface area (Å²) in [5, 5.41) is 10.4. The fourth-order valence-electron chi connectivity index (χ4n) is 5.48. The van der Waals surface area contributed by atoms with Crippen molar-refractivity contribution in [3.8, 4) is 0 Å². The summed E-state index contributed by atoms with van der Waals surface area (Å²) in [6, 6.07) is 0. The number of allylic oxidation sites excluding steroid dienone is 4. The Bertz CT molecular complexity index is 516. The maximum absolute atomic E-state index is 11.6. The van der Waals surface area contributed by atoms with Crippen molar-refractivity contribution in [2.24, 2.45) is 23.2 Å². The maximum atomic E-state index is 11.6. The number of rotatable bonds is 0. The molecule has 4 aliphatic rings. The second-order valence-electron chi connectivity index (χ2n) is 7.54. The predicted octanol–water partition coefficient (Wildman–Crippen LogP) is 3.41. The van der Waals surface area contributed by atoms with Gasteiger partial charge in [0.05, 0.1) is 6.10 Å². The van der Waals surface area contributed by atoms with Gasteiger partial charge in [0.2, 0.25) is 0 Å². The highest BCUT2D eigenvalue weighted by molar-refractivity contribution is 5.91. The van der Waals surface area contributed by atoms with Crippen LogP contribution in [0.5, 0.6) is 0 Å². The highest BCUT2D eigenvalue weighted by Gasteiger charge is 2.53. The average molecular weight is 272 g/mol. The van der Waals surface area contributed by atoms with Gasteiger partial charge in [-0.1, -0.05) is 24.1 Å². The van der Waals surface area contributed by atoms with Crippen LogP contribution < -0.4 is 0 Å². The van der Waals surface area contributed by atoms with E-state index in [1.807, 2.05) is 6.08 Å². The third kappa shape index (κ3) is 1.64. The van der Waals surface area contributed by atoms with Crippen molar-refractivity contribution >= 4 is 5.78 Å². The van der Waals surface area contributed by atoms with Crippen LogP contribution in [-0.2, 0) is 4.79 Å². The molecule has 2 saturated carbocycles. The quantitative estimate of drug-likeness (QED) is 0.686. The minimum absolute atomic E-state index is 0.111. The molecule has 0 aliphatic heterocycles. The molecule has 0 aromatic rings. The lowest BCUT2D eigenvalue weighted by atomic mass is 9.57. The third-order valence-electron chi connectivity index (χ3n) is 6.67. The topological polar surface area (TPSA) is 37.3 Å². The van der Waals surface area contributed by atoms with Gasteiger partial charge >= 0.3 is 0 Å². The summed E-state index contributed by atoms with van der Waals surface area (Å²) in [7, 11) is 0. The Labute approximate surface area is 120 Å². The van der Waals surface area contributed by atoms with E-state index in [1.165, 1.54) is 18.4 Å². The van der Waals surface area contributed by atoms with E-state index in [0.29, 0.717) is 23.5 Å². The number of fused-ring (bicyclic) bond motifs is 5. The Hall–Kier alpha value is -0.890. The molecule has 2 fully saturated rings. The minimum atomic E-state index is -0.116. The summed E-state index contributed by atoms with van der Waals surface area (Å²) in [5.74, 6) is 2.21. The molecule has 108 valence electrons. The van der Waals surface area contributed by atoms with Crippen molar-refractivity contribution in [3.63, 3.8) is 0 Å². The van der Waals surface area contributed by atoms with Gasteiger partial charge in [0.25, 0.3) is 0 Å². The molecule has 5 atom stereocenters. The van der Waals surface area contributed by atoms with Gasteiger partial charge in [-0.2, -0.15) is 0 Å².